The molecule has 1 spiro atoms. The van der Waals surface area contributed by atoms with Crippen LogP contribution in [0.5, 0.6) is 0 Å². The summed E-state index contributed by atoms with van der Waals surface area (Å²) in [7, 11) is 2.19. The Balaban J connectivity index is 1.50. The zero-order chi connectivity index (χ0) is 14.4. The highest BCUT2D eigenvalue weighted by Crippen LogP contribution is 2.41. The number of nitrogens with zero attached hydrogens (tertiary/aromatic N) is 3. The van der Waals surface area contributed by atoms with Crippen LogP contribution >= 0.6 is 11.3 Å². The number of benzene rings is 1. The Hall–Kier alpha value is -1.66. The Morgan fingerprint density at radius 1 is 1.38 bits per heavy atom. The average molecular weight is 302 g/mol. The summed E-state index contributed by atoms with van der Waals surface area (Å²) in [5.74, 6) is 0. The molecule has 2 saturated heterocycles. The Bertz CT molecular complexity index is 684. The van der Waals surface area contributed by atoms with Crippen molar-refractivity contribution in [3.05, 3.63) is 23.2 Å². The minimum absolute atomic E-state index is 0.511. The predicted octanol–water partition coefficient (Wildman–Crippen LogP) is 1.29. The van der Waals surface area contributed by atoms with Crippen LogP contribution in [-0.2, 0) is 11.3 Å². The number of thiazole rings is 1. The van der Waals surface area contributed by atoms with Gasteiger partial charge in [0.1, 0.15) is 5.01 Å². The van der Waals surface area contributed by atoms with Crippen molar-refractivity contribution in [2.45, 2.75) is 6.54 Å². The van der Waals surface area contributed by atoms with Gasteiger partial charge in [0.15, 0.2) is 0 Å². The minimum atomic E-state index is 0.511. The van der Waals surface area contributed by atoms with Gasteiger partial charge in [-0.15, -0.1) is 11.3 Å². The van der Waals surface area contributed by atoms with E-state index in [1.807, 2.05) is 0 Å². The summed E-state index contributed by atoms with van der Waals surface area (Å²) in [5, 5.41) is 3.62. The Labute approximate surface area is 127 Å². The molecule has 21 heavy (non-hydrogen) atoms. The fraction of sp³-hybridized carbons (Fsp3) is 0.467. The minimum Gasteiger partial charge on any atom is -0.370 e. The first-order chi connectivity index (χ1) is 10.2. The normalized spacial score (nSPS) is 20.3. The van der Waals surface area contributed by atoms with Crippen LogP contribution in [0.2, 0.25) is 0 Å². The van der Waals surface area contributed by atoms with Crippen molar-refractivity contribution in [3.63, 3.8) is 0 Å². The molecule has 2 aromatic rings. The summed E-state index contributed by atoms with van der Waals surface area (Å²) in [5.41, 5.74) is 2.86. The third-order valence-electron chi connectivity index (χ3n) is 4.38. The van der Waals surface area contributed by atoms with E-state index in [1.54, 1.807) is 11.3 Å². The molecular formula is C15H18N4OS. The van der Waals surface area contributed by atoms with E-state index >= 15 is 0 Å². The lowest BCUT2D eigenvalue weighted by Crippen LogP contribution is -2.71. The first-order valence-electron chi connectivity index (χ1n) is 7.17. The molecule has 0 saturated carbocycles. The number of hydrogen-bond acceptors (Lipinski definition) is 5. The van der Waals surface area contributed by atoms with Crippen LogP contribution in [0.25, 0.3) is 10.2 Å². The average Bonchev–Trinajstić information content (AvgIpc) is 2.80. The number of likely N-dealkylation sites (tertiary alicyclic amines) is 1. The van der Waals surface area contributed by atoms with Gasteiger partial charge in [0.05, 0.1) is 16.8 Å². The number of carbonyl (C=O) groups is 1. The second-order valence-electron chi connectivity index (χ2n) is 6.29. The molecule has 5 nitrogen and oxygen atoms in total. The van der Waals surface area contributed by atoms with Crippen molar-refractivity contribution < 1.29 is 4.79 Å². The quantitative estimate of drug-likeness (QED) is 0.865. The van der Waals surface area contributed by atoms with Gasteiger partial charge in [-0.2, -0.15) is 0 Å². The highest BCUT2D eigenvalue weighted by atomic mass is 32.1. The smallest absolute Gasteiger partial charge is 0.207 e. The molecule has 0 radical (unpaired) electrons. The van der Waals surface area contributed by atoms with Crippen molar-refractivity contribution in [1.82, 2.24) is 15.2 Å². The fourth-order valence-electron chi connectivity index (χ4n) is 3.61. The SMILES string of the molecule is CN1CC2(C1)CN(c1ccc3nc(CNC=O)sc3c1)C2. The van der Waals surface area contributed by atoms with Gasteiger partial charge in [0, 0.05) is 37.3 Å². The molecule has 0 bridgehead atoms. The fourth-order valence-corrected chi connectivity index (χ4v) is 4.56. The highest BCUT2D eigenvalue weighted by molar-refractivity contribution is 7.18. The summed E-state index contributed by atoms with van der Waals surface area (Å²) in [6.07, 6.45) is 0.715. The van der Waals surface area contributed by atoms with E-state index in [4.69, 9.17) is 0 Å². The van der Waals surface area contributed by atoms with Gasteiger partial charge in [0.2, 0.25) is 6.41 Å². The van der Waals surface area contributed by atoms with Crippen LogP contribution in [0.1, 0.15) is 5.01 Å². The third-order valence-corrected chi connectivity index (χ3v) is 5.40. The predicted molar refractivity (Wildman–Crippen MR) is 84.7 cm³/mol. The Morgan fingerprint density at radius 2 is 2.19 bits per heavy atom. The standard InChI is InChI=1S/C15H18N4OS/c1-18-6-15(7-18)8-19(9-15)11-2-3-12-13(4-11)21-14(17-12)5-16-10-20/h2-4,10H,5-9H2,1H3,(H,16,20). The van der Waals surface area contributed by atoms with Crippen molar-refractivity contribution in [2.75, 3.05) is 38.1 Å². The van der Waals surface area contributed by atoms with Gasteiger partial charge in [-0.05, 0) is 25.2 Å². The molecule has 2 aliphatic rings. The third kappa shape index (κ3) is 2.18. The molecule has 2 fully saturated rings. The highest BCUT2D eigenvalue weighted by Gasteiger charge is 2.50. The monoisotopic (exact) mass is 302 g/mol. The Kier molecular flexibility index (Phi) is 2.90. The first-order valence-corrected chi connectivity index (χ1v) is 7.99. The first kappa shape index (κ1) is 13.0. The molecule has 0 unspecified atom stereocenters. The zero-order valence-corrected chi connectivity index (χ0v) is 12.8. The molecule has 1 amide bonds. The number of aromatic nitrogens is 1. The van der Waals surface area contributed by atoms with E-state index in [1.165, 1.54) is 36.6 Å². The van der Waals surface area contributed by atoms with Crippen molar-refractivity contribution in [3.8, 4) is 0 Å². The van der Waals surface area contributed by atoms with Gasteiger partial charge in [0.25, 0.3) is 0 Å². The molecule has 1 aromatic carbocycles. The second kappa shape index (κ2) is 4.68. The number of carbonyl (C=O) groups excluding carboxylic acids is 1. The molecule has 1 aromatic heterocycles. The zero-order valence-electron chi connectivity index (χ0n) is 12.0. The van der Waals surface area contributed by atoms with Crippen LogP contribution in [-0.4, -0.2) is 49.5 Å². The maximum atomic E-state index is 10.4. The molecule has 0 aliphatic carbocycles. The van der Waals surface area contributed by atoms with E-state index in [2.05, 4.69) is 45.3 Å². The van der Waals surface area contributed by atoms with Gasteiger partial charge < -0.3 is 15.1 Å². The maximum absolute atomic E-state index is 10.4. The lowest BCUT2D eigenvalue weighted by Gasteiger charge is -2.60. The number of hydrogen-bond donors (Lipinski definition) is 1. The molecular weight excluding hydrogens is 284 g/mol. The molecule has 6 heteroatoms. The maximum Gasteiger partial charge on any atom is 0.207 e. The molecule has 2 aliphatic heterocycles. The number of fused-ring (bicyclic) bond motifs is 1. The van der Waals surface area contributed by atoms with Crippen LogP contribution < -0.4 is 10.2 Å². The number of anilines is 1. The van der Waals surface area contributed by atoms with Gasteiger partial charge in [-0.3, -0.25) is 4.79 Å². The van der Waals surface area contributed by atoms with Crippen molar-refractivity contribution in [2.24, 2.45) is 5.41 Å². The van der Waals surface area contributed by atoms with E-state index in [9.17, 15) is 4.79 Å². The summed E-state index contributed by atoms with van der Waals surface area (Å²) in [4.78, 5) is 19.7. The van der Waals surface area contributed by atoms with Crippen molar-refractivity contribution in [1.29, 1.82) is 0 Å². The summed E-state index contributed by atoms with van der Waals surface area (Å²) >= 11 is 1.66. The molecule has 0 atom stereocenters. The lowest BCUT2D eigenvalue weighted by atomic mass is 9.73. The van der Waals surface area contributed by atoms with Crippen molar-refractivity contribution >= 4 is 33.7 Å². The van der Waals surface area contributed by atoms with Crippen LogP contribution in [0.3, 0.4) is 0 Å². The van der Waals surface area contributed by atoms with E-state index in [0.717, 1.165) is 10.5 Å². The molecule has 1 N–H and O–H groups in total. The van der Waals surface area contributed by atoms with Gasteiger partial charge in [-0.1, -0.05) is 0 Å². The summed E-state index contributed by atoms with van der Waals surface area (Å²) in [6.45, 7) is 5.31. The molecule has 110 valence electrons. The van der Waals surface area contributed by atoms with E-state index in [0.29, 0.717) is 18.4 Å². The van der Waals surface area contributed by atoms with E-state index < -0.39 is 0 Å². The second-order valence-corrected chi connectivity index (χ2v) is 7.40. The largest absolute Gasteiger partial charge is 0.370 e. The Morgan fingerprint density at radius 3 is 2.90 bits per heavy atom. The number of rotatable bonds is 4. The molecule has 3 heterocycles. The van der Waals surface area contributed by atoms with Gasteiger partial charge >= 0.3 is 0 Å². The van der Waals surface area contributed by atoms with Crippen LogP contribution in [0.4, 0.5) is 5.69 Å². The number of amides is 1. The molecule has 4 rings (SSSR count). The van der Waals surface area contributed by atoms with Crippen LogP contribution in [0, 0.1) is 5.41 Å². The van der Waals surface area contributed by atoms with E-state index in [-0.39, 0.29) is 0 Å². The number of nitrogens with one attached hydrogen (secondary N) is 1. The summed E-state index contributed by atoms with van der Waals surface area (Å²) in [6, 6.07) is 6.48. The lowest BCUT2D eigenvalue weighted by molar-refractivity contribution is -0.109. The van der Waals surface area contributed by atoms with Gasteiger partial charge in [-0.25, -0.2) is 4.98 Å². The summed E-state index contributed by atoms with van der Waals surface area (Å²) < 4.78 is 1.20. The van der Waals surface area contributed by atoms with Crippen LogP contribution in [0.15, 0.2) is 18.2 Å². The topological polar surface area (TPSA) is 48.5 Å².